The number of nitrogens with zero attached hydrogens (tertiary/aromatic N) is 2. The lowest BCUT2D eigenvalue weighted by Crippen LogP contribution is -2.32. The molecule has 2 aromatic carbocycles. The monoisotopic (exact) mass is 400 g/mol. The van der Waals surface area contributed by atoms with Crippen LogP contribution in [0.5, 0.6) is 0 Å². The Morgan fingerprint density at radius 3 is 2.17 bits per heavy atom. The third-order valence-electron chi connectivity index (χ3n) is 5.38. The van der Waals surface area contributed by atoms with Gasteiger partial charge in [0.15, 0.2) is 0 Å². The first-order chi connectivity index (χ1) is 14.4. The minimum Gasteiger partial charge on any atom is -0.338 e. The maximum atomic E-state index is 13.1. The summed E-state index contributed by atoms with van der Waals surface area (Å²) in [6.07, 6.45) is 3.86. The Labute approximate surface area is 180 Å². The molecular weight excluding hydrogens is 368 g/mol. The fourth-order valence-corrected chi connectivity index (χ4v) is 3.47. The van der Waals surface area contributed by atoms with Gasteiger partial charge in [0, 0.05) is 37.8 Å². The maximum absolute atomic E-state index is 13.1. The van der Waals surface area contributed by atoms with Crippen LogP contribution in [0.4, 0.5) is 0 Å². The standard InChI is InChI=1S/C27H32N2O/c1-27(2,3)24-15-12-23(13-16-24)21-29(20-18-25-11-7-8-19-28-25)26(30)17-14-22-9-5-4-6-10-22/h4-13,15-16,19H,14,17-18,20-21H2,1-3H3. The number of benzene rings is 2. The molecule has 0 unspecified atom stereocenters. The van der Waals surface area contributed by atoms with Crippen LogP contribution in [0, 0.1) is 0 Å². The molecule has 1 amide bonds. The molecule has 0 saturated heterocycles. The molecule has 1 heterocycles. The summed E-state index contributed by atoms with van der Waals surface area (Å²) in [5.74, 6) is 0.190. The molecule has 3 aromatic rings. The van der Waals surface area contributed by atoms with Gasteiger partial charge in [0.2, 0.25) is 5.91 Å². The van der Waals surface area contributed by atoms with Gasteiger partial charge in [-0.1, -0.05) is 81.4 Å². The summed E-state index contributed by atoms with van der Waals surface area (Å²) in [7, 11) is 0. The number of aromatic nitrogens is 1. The molecule has 156 valence electrons. The van der Waals surface area contributed by atoms with Crippen molar-refractivity contribution in [1.82, 2.24) is 9.88 Å². The number of carbonyl (C=O) groups is 1. The molecule has 0 N–H and O–H groups in total. The highest BCUT2D eigenvalue weighted by molar-refractivity contribution is 5.76. The van der Waals surface area contributed by atoms with Gasteiger partial charge in [-0.3, -0.25) is 9.78 Å². The summed E-state index contributed by atoms with van der Waals surface area (Å²) in [5.41, 5.74) is 4.81. The highest BCUT2D eigenvalue weighted by atomic mass is 16.2. The Kier molecular flexibility index (Phi) is 7.40. The second-order valence-electron chi connectivity index (χ2n) is 8.82. The molecule has 30 heavy (non-hydrogen) atoms. The Bertz CT molecular complexity index is 913. The van der Waals surface area contributed by atoms with Gasteiger partial charge in [-0.25, -0.2) is 0 Å². The van der Waals surface area contributed by atoms with E-state index in [1.54, 1.807) is 0 Å². The van der Waals surface area contributed by atoms with Crippen LogP contribution in [0.3, 0.4) is 0 Å². The van der Waals surface area contributed by atoms with Crippen molar-refractivity contribution in [3.63, 3.8) is 0 Å². The smallest absolute Gasteiger partial charge is 0.223 e. The van der Waals surface area contributed by atoms with E-state index in [1.165, 1.54) is 11.1 Å². The zero-order valence-electron chi connectivity index (χ0n) is 18.3. The SMILES string of the molecule is CC(C)(C)c1ccc(CN(CCc2ccccn2)C(=O)CCc2ccccc2)cc1. The van der Waals surface area contributed by atoms with Gasteiger partial charge in [0.25, 0.3) is 0 Å². The average molecular weight is 401 g/mol. The highest BCUT2D eigenvalue weighted by Crippen LogP contribution is 2.22. The molecule has 1 aromatic heterocycles. The molecule has 0 aliphatic carbocycles. The molecule has 0 spiro atoms. The number of aryl methyl sites for hydroxylation is 1. The molecule has 0 fully saturated rings. The highest BCUT2D eigenvalue weighted by Gasteiger charge is 2.16. The number of hydrogen-bond acceptors (Lipinski definition) is 2. The van der Waals surface area contributed by atoms with Crippen molar-refractivity contribution in [2.75, 3.05) is 6.54 Å². The molecule has 3 rings (SSSR count). The van der Waals surface area contributed by atoms with Crippen molar-refractivity contribution in [2.45, 2.75) is 52.0 Å². The third-order valence-corrected chi connectivity index (χ3v) is 5.38. The van der Waals surface area contributed by atoms with Crippen LogP contribution >= 0.6 is 0 Å². The normalized spacial score (nSPS) is 11.3. The van der Waals surface area contributed by atoms with E-state index in [2.05, 4.69) is 62.2 Å². The summed E-state index contributed by atoms with van der Waals surface area (Å²) in [5, 5.41) is 0. The van der Waals surface area contributed by atoms with Crippen molar-refractivity contribution >= 4 is 5.91 Å². The van der Waals surface area contributed by atoms with Crippen LogP contribution in [-0.4, -0.2) is 22.3 Å². The topological polar surface area (TPSA) is 33.2 Å². The number of amides is 1. The van der Waals surface area contributed by atoms with Crippen molar-refractivity contribution in [3.8, 4) is 0 Å². The minimum atomic E-state index is 0.128. The Morgan fingerprint density at radius 2 is 1.53 bits per heavy atom. The molecule has 3 heteroatoms. The lowest BCUT2D eigenvalue weighted by molar-refractivity contribution is -0.131. The maximum Gasteiger partial charge on any atom is 0.223 e. The molecule has 0 bridgehead atoms. The summed E-state index contributed by atoms with van der Waals surface area (Å²) in [6.45, 7) is 7.95. The first kappa shape index (κ1) is 21.8. The Hall–Kier alpha value is -2.94. The van der Waals surface area contributed by atoms with E-state index < -0.39 is 0 Å². The van der Waals surface area contributed by atoms with Gasteiger partial charge < -0.3 is 4.90 Å². The van der Waals surface area contributed by atoms with E-state index in [4.69, 9.17) is 0 Å². The van der Waals surface area contributed by atoms with Crippen LogP contribution in [0.1, 0.15) is 49.6 Å². The zero-order chi connectivity index (χ0) is 21.4. The minimum absolute atomic E-state index is 0.128. The van der Waals surface area contributed by atoms with Gasteiger partial charge in [-0.15, -0.1) is 0 Å². The Balaban J connectivity index is 1.68. The van der Waals surface area contributed by atoms with E-state index in [-0.39, 0.29) is 11.3 Å². The van der Waals surface area contributed by atoms with Crippen molar-refractivity contribution in [1.29, 1.82) is 0 Å². The van der Waals surface area contributed by atoms with Gasteiger partial charge in [0.05, 0.1) is 0 Å². The van der Waals surface area contributed by atoms with Crippen LogP contribution in [0.2, 0.25) is 0 Å². The van der Waals surface area contributed by atoms with Crippen molar-refractivity contribution < 1.29 is 4.79 Å². The first-order valence-electron chi connectivity index (χ1n) is 10.7. The average Bonchev–Trinajstić information content (AvgIpc) is 2.76. The largest absolute Gasteiger partial charge is 0.338 e. The van der Waals surface area contributed by atoms with Gasteiger partial charge >= 0.3 is 0 Å². The molecule has 0 saturated carbocycles. The molecule has 0 radical (unpaired) electrons. The predicted octanol–water partition coefficient (Wildman–Crippen LogP) is 5.58. The van der Waals surface area contributed by atoms with Crippen LogP contribution in [0.25, 0.3) is 0 Å². The Morgan fingerprint density at radius 1 is 0.833 bits per heavy atom. The van der Waals surface area contributed by atoms with Crippen LogP contribution in [0.15, 0.2) is 79.0 Å². The lowest BCUT2D eigenvalue weighted by Gasteiger charge is -2.24. The van der Waals surface area contributed by atoms with E-state index in [0.717, 1.165) is 24.1 Å². The fraction of sp³-hybridized carbons (Fsp3) is 0.333. The summed E-state index contributed by atoms with van der Waals surface area (Å²) < 4.78 is 0. The third kappa shape index (κ3) is 6.55. The summed E-state index contributed by atoms with van der Waals surface area (Å²) in [4.78, 5) is 19.5. The van der Waals surface area contributed by atoms with E-state index >= 15 is 0 Å². The van der Waals surface area contributed by atoms with E-state index in [1.807, 2.05) is 47.5 Å². The van der Waals surface area contributed by atoms with E-state index in [0.29, 0.717) is 19.5 Å². The molecular formula is C27H32N2O. The number of pyridine rings is 1. The van der Waals surface area contributed by atoms with E-state index in [9.17, 15) is 4.79 Å². The molecule has 3 nitrogen and oxygen atoms in total. The second kappa shape index (κ2) is 10.2. The van der Waals surface area contributed by atoms with Gasteiger partial charge in [-0.2, -0.15) is 0 Å². The second-order valence-corrected chi connectivity index (χ2v) is 8.82. The number of carbonyl (C=O) groups excluding carboxylic acids is 1. The zero-order valence-corrected chi connectivity index (χ0v) is 18.3. The van der Waals surface area contributed by atoms with Crippen LogP contribution < -0.4 is 0 Å². The van der Waals surface area contributed by atoms with Crippen LogP contribution in [-0.2, 0) is 29.6 Å². The molecule has 0 atom stereocenters. The van der Waals surface area contributed by atoms with Gasteiger partial charge in [-0.05, 0) is 40.7 Å². The van der Waals surface area contributed by atoms with Crippen molar-refractivity contribution in [2.24, 2.45) is 0 Å². The number of rotatable bonds is 8. The number of hydrogen-bond donors (Lipinski definition) is 0. The van der Waals surface area contributed by atoms with Crippen molar-refractivity contribution in [3.05, 3.63) is 101 Å². The lowest BCUT2D eigenvalue weighted by atomic mass is 9.87. The first-order valence-corrected chi connectivity index (χ1v) is 10.7. The molecule has 0 aliphatic rings. The summed E-state index contributed by atoms with van der Waals surface area (Å²) >= 11 is 0. The molecule has 0 aliphatic heterocycles. The summed E-state index contributed by atoms with van der Waals surface area (Å²) in [6, 6.07) is 24.8. The fourth-order valence-electron chi connectivity index (χ4n) is 3.47. The quantitative estimate of drug-likeness (QED) is 0.494. The van der Waals surface area contributed by atoms with Gasteiger partial charge in [0.1, 0.15) is 0 Å². The predicted molar refractivity (Wildman–Crippen MR) is 123 cm³/mol.